The number of amides is 4. The van der Waals surface area contributed by atoms with Crippen LogP contribution in [0.4, 0.5) is 16.2 Å². The van der Waals surface area contributed by atoms with Gasteiger partial charge >= 0.3 is 6.03 Å². The maximum absolute atomic E-state index is 14.2. The highest BCUT2D eigenvalue weighted by atomic mass is 32.2. The molecule has 3 heterocycles. The number of unbranched alkanes of at least 4 members (excludes halogenated alkanes) is 14. The fraction of sp³-hybridized carbons (Fsp3) is 0.510. The molecule has 1 saturated heterocycles. The molecule has 4 aliphatic rings. The Morgan fingerprint density at radius 2 is 0.850 bits per heavy atom. The molecule has 0 atom stereocenters. The summed E-state index contributed by atoms with van der Waals surface area (Å²) in [5, 5.41) is 2.32. The van der Waals surface area contributed by atoms with Crippen LogP contribution >= 0.6 is 23.5 Å². The van der Waals surface area contributed by atoms with Crippen molar-refractivity contribution in [1.29, 1.82) is 0 Å². The number of carbonyl (C=O) groups excluding carboxylic acids is 3. The van der Waals surface area contributed by atoms with E-state index in [1.54, 1.807) is 37.4 Å². The Morgan fingerprint density at radius 1 is 0.467 bits per heavy atom. The fourth-order valence-electron chi connectivity index (χ4n) is 8.80. The highest BCUT2D eigenvalue weighted by Crippen LogP contribution is 2.48. The third-order valence-electron chi connectivity index (χ3n) is 12.2. The summed E-state index contributed by atoms with van der Waals surface area (Å²) < 4.78 is 0. The van der Waals surface area contributed by atoms with Crippen LogP contribution in [-0.2, 0) is 9.59 Å². The number of hydrogen-bond donors (Lipinski definition) is 0. The van der Waals surface area contributed by atoms with Gasteiger partial charge in [-0.1, -0.05) is 164 Å². The normalized spacial score (nSPS) is 19.4. The number of urea groups is 1. The van der Waals surface area contributed by atoms with Crippen molar-refractivity contribution < 1.29 is 14.4 Å². The number of benzene rings is 2. The van der Waals surface area contributed by atoms with Crippen molar-refractivity contribution in [2.45, 2.75) is 153 Å². The maximum atomic E-state index is 14.2. The van der Waals surface area contributed by atoms with Crippen LogP contribution in [-0.4, -0.2) is 53.8 Å². The number of hydrogen-bond acceptors (Lipinski definition) is 7. The number of rotatable bonds is 22. The molecule has 4 amide bonds. The van der Waals surface area contributed by atoms with Gasteiger partial charge in [0.15, 0.2) is 0 Å². The molecule has 2 aromatic rings. The Bertz CT molecular complexity index is 1840. The summed E-state index contributed by atoms with van der Waals surface area (Å²) >= 11 is 3.57. The summed E-state index contributed by atoms with van der Waals surface area (Å²) in [7, 11) is 0. The third-order valence-corrected chi connectivity index (χ3v) is 14.4. The van der Waals surface area contributed by atoms with E-state index >= 15 is 0 Å². The number of para-hydroxylation sites is 2. The summed E-state index contributed by atoms with van der Waals surface area (Å²) in [5.41, 5.74) is 5.22. The SMILES string of the molecule is CCCCCCCCCCN1/C(=C/C=C2\CC/C(=C\C=C3/Sc4ccccc4N3CCCCCCCCCC)C2=C2C(=O)N(CC)C(=O)N(CC)C2=O)Sc2ccccc21. The van der Waals surface area contributed by atoms with Gasteiger partial charge in [0.25, 0.3) is 11.8 Å². The molecule has 0 aromatic heterocycles. The van der Waals surface area contributed by atoms with Gasteiger partial charge in [-0.25, -0.2) is 4.79 Å². The van der Waals surface area contributed by atoms with Crippen molar-refractivity contribution in [3.63, 3.8) is 0 Å². The Labute approximate surface area is 369 Å². The molecule has 0 spiro atoms. The molecule has 0 N–H and O–H groups in total. The largest absolute Gasteiger partial charge is 0.335 e. The van der Waals surface area contributed by atoms with Crippen molar-refractivity contribution >= 4 is 52.7 Å². The van der Waals surface area contributed by atoms with Gasteiger partial charge in [0.1, 0.15) is 5.57 Å². The Balaban J connectivity index is 1.30. The number of likely N-dealkylation sites (N-methyl/N-ethyl adjacent to an activating group) is 2. The molecule has 0 bridgehead atoms. The molecule has 9 heteroatoms. The van der Waals surface area contributed by atoms with Gasteiger partial charge in [0.05, 0.1) is 21.4 Å². The van der Waals surface area contributed by atoms with E-state index in [0.29, 0.717) is 18.4 Å². The lowest BCUT2D eigenvalue weighted by Gasteiger charge is -2.33. The number of carbonyl (C=O) groups is 3. The van der Waals surface area contributed by atoms with Crippen LogP contribution < -0.4 is 9.80 Å². The zero-order chi connectivity index (χ0) is 42.3. The summed E-state index contributed by atoms with van der Waals surface area (Å²) in [6.07, 6.45) is 30.5. The molecule has 1 saturated carbocycles. The molecule has 0 radical (unpaired) electrons. The van der Waals surface area contributed by atoms with Gasteiger partial charge in [-0.05, 0) is 92.7 Å². The average Bonchev–Trinajstić information content (AvgIpc) is 3.94. The zero-order valence-corrected chi connectivity index (χ0v) is 38.4. The lowest BCUT2D eigenvalue weighted by molar-refractivity contribution is -0.135. The number of anilines is 2. The lowest BCUT2D eigenvalue weighted by Crippen LogP contribution is -2.56. The molecule has 7 nitrogen and oxygen atoms in total. The monoisotopic (exact) mass is 848 g/mol. The van der Waals surface area contributed by atoms with E-state index in [2.05, 4.69) is 96.5 Å². The minimum atomic E-state index is -0.536. The van der Waals surface area contributed by atoms with Gasteiger partial charge in [0.2, 0.25) is 0 Å². The first kappa shape index (κ1) is 45.6. The van der Waals surface area contributed by atoms with Crippen LogP contribution in [0.5, 0.6) is 0 Å². The van der Waals surface area contributed by atoms with Gasteiger partial charge in [-0.15, -0.1) is 0 Å². The van der Waals surface area contributed by atoms with Gasteiger partial charge in [-0.3, -0.25) is 19.4 Å². The van der Waals surface area contributed by atoms with Crippen LogP contribution in [0.2, 0.25) is 0 Å². The highest BCUT2D eigenvalue weighted by Gasteiger charge is 2.44. The van der Waals surface area contributed by atoms with Crippen molar-refractivity contribution in [2.75, 3.05) is 36.0 Å². The van der Waals surface area contributed by atoms with Crippen LogP contribution in [0.1, 0.15) is 143 Å². The summed E-state index contributed by atoms with van der Waals surface area (Å²) in [6.45, 7) is 10.4. The average molecular weight is 849 g/mol. The van der Waals surface area contributed by atoms with Gasteiger partial charge < -0.3 is 9.80 Å². The van der Waals surface area contributed by atoms with E-state index in [1.165, 1.54) is 121 Å². The van der Waals surface area contributed by atoms with E-state index in [4.69, 9.17) is 0 Å². The molecule has 6 rings (SSSR count). The molecule has 1 aliphatic carbocycles. The quantitative estimate of drug-likeness (QED) is 0.0664. The van der Waals surface area contributed by atoms with Crippen molar-refractivity contribution in [3.8, 4) is 0 Å². The van der Waals surface area contributed by atoms with E-state index < -0.39 is 17.8 Å². The van der Waals surface area contributed by atoms with Crippen LogP contribution in [0, 0.1) is 0 Å². The topological polar surface area (TPSA) is 64.2 Å². The minimum absolute atomic E-state index is 0.112. The van der Waals surface area contributed by atoms with Crippen LogP contribution in [0.15, 0.2) is 115 Å². The van der Waals surface area contributed by atoms with Crippen LogP contribution in [0.3, 0.4) is 0 Å². The van der Waals surface area contributed by atoms with E-state index in [9.17, 15) is 14.4 Å². The Morgan fingerprint density at radius 3 is 1.25 bits per heavy atom. The van der Waals surface area contributed by atoms with E-state index in [0.717, 1.165) is 47.1 Å². The van der Waals surface area contributed by atoms with Crippen molar-refractivity contribution in [2.24, 2.45) is 0 Å². The smallest absolute Gasteiger partial charge is 0.333 e. The van der Waals surface area contributed by atoms with Gasteiger partial charge in [0, 0.05) is 36.0 Å². The third kappa shape index (κ3) is 11.1. The summed E-state index contributed by atoms with van der Waals surface area (Å²) in [4.78, 5) is 51.6. The first-order chi connectivity index (χ1) is 29.4. The first-order valence-electron chi connectivity index (χ1n) is 23.2. The maximum Gasteiger partial charge on any atom is 0.333 e. The number of fused-ring (bicyclic) bond motifs is 2. The molecule has 60 heavy (non-hydrogen) atoms. The van der Waals surface area contributed by atoms with Gasteiger partial charge in [-0.2, -0.15) is 0 Å². The Hall–Kier alpha value is -3.95. The molecule has 2 aromatic carbocycles. The van der Waals surface area contributed by atoms with Crippen LogP contribution in [0.25, 0.3) is 0 Å². The molecule has 2 fully saturated rings. The number of thioether (sulfide) groups is 2. The second-order valence-corrected chi connectivity index (χ2v) is 18.5. The van der Waals surface area contributed by atoms with E-state index in [-0.39, 0.29) is 18.7 Å². The van der Waals surface area contributed by atoms with Crippen molar-refractivity contribution in [3.05, 3.63) is 105 Å². The number of imide groups is 2. The second-order valence-electron chi connectivity index (χ2n) is 16.4. The minimum Gasteiger partial charge on any atom is -0.335 e. The highest BCUT2D eigenvalue weighted by molar-refractivity contribution is 8.04. The number of nitrogens with zero attached hydrogens (tertiary/aromatic N) is 4. The predicted octanol–water partition coefficient (Wildman–Crippen LogP) is 13.9. The molecular weight excluding hydrogens is 781 g/mol. The molecule has 0 unspecified atom stereocenters. The lowest BCUT2D eigenvalue weighted by atomic mass is 9.95. The summed E-state index contributed by atoms with van der Waals surface area (Å²) in [6, 6.07) is 16.7. The van der Waals surface area contributed by atoms with Crippen molar-refractivity contribution in [1.82, 2.24) is 9.80 Å². The zero-order valence-electron chi connectivity index (χ0n) is 36.8. The standard InChI is InChI=1S/C51H68N4O3S2/c1-5-9-11-13-15-17-19-25-37-54-41-27-21-23-29-43(41)59-45(54)35-33-39-31-32-40(47(39)48-49(56)52(7-3)51(58)53(8-4)50(48)57)34-36-46-55(42-28-22-24-30-44(42)60-46)38-26-20-18-16-14-12-10-6-2/h21-24,27-30,33-36H,5-20,25-26,31-32,37-38H2,1-4H3/b39-33+,40-34+,45-35-,46-36-. The molecule has 322 valence electrons. The number of allylic oxidation sites excluding steroid dienone is 7. The molecular formula is C51H68N4O3S2. The fourth-order valence-corrected chi connectivity index (χ4v) is 11.0. The summed E-state index contributed by atoms with van der Waals surface area (Å²) in [5.74, 6) is -0.992. The predicted molar refractivity (Wildman–Crippen MR) is 253 cm³/mol. The number of barbiturate groups is 1. The first-order valence-corrected chi connectivity index (χ1v) is 24.9. The van der Waals surface area contributed by atoms with E-state index in [1.807, 2.05) is 0 Å². The second kappa shape index (κ2) is 23.3. The Kier molecular flexibility index (Phi) is 17.7. The molecule has 3 aliphatic heterocycles.